The van der Waals surface area contributed by atoms with Gasteiger partial charge in [0.25, 0.3) is 11.3 Å². The van der Waals surface area contributed by atoms with Gasteiger partial charge in [0.1, 0.15) is 12.2 Å². The Bertz CT molecular complexity index is 1880. The Balaban J connectivity index is 0. The number of halogens is 2. The second-order valence-corrected chi connectivity index (χ2v) is 25.4. The van der Waals surface area contributed by atoms with Gasteiger partial charge in [-0.2, -0.15) is 39.5 Å². The van der Waals surface area contributed by atoms with Gasteiger partial charge in [0.15, 0.2) is 24.1 Å². The molecule has 18 heteroatoms. The van der Waals surface area contributed by atoms with E-state index >= 15 is 8.78 Å². The van der Waals surface area contributed by atoms with E-state index in [9.17, 15) is 19.2 Å². The van der Waals surface area contributed by atoms with E-state index in [-0.39, 0.29) is 85.1 Å². The van der Waals surface area contributed by atoms with Crippen LogP contribution in [0.5, 0.6) is 0 Å². The van der Waals surface area contributed by atoms with E-state index in [4.69, 9.17) is 37.9 Å². The average Bonchev–Trinajstić information content (AvgIpc) is 3.39. The first kappa shape index (κ1) is 82.1. The summed E-state index contributed by atoms with van der Waals surface area (Å²) in [4.78, 5) is 56.2. The summed E-state index contributed by atoms with van der Waals surface area (Å²) in [7, 11) is 9.04. The number of ether oxygens (including phenoxy) is 8. The third-order valence-corrected chi connectivity index (χ3v) is 18.6. The number of Topliss-reactive ketones (excluding diaryl/α,β-unsaturated/α-hetero) is 2. The van der Waals surface area contributed by atoms with Gasteiger partial charge in [0.2, 0.25) is 0 Å². The number of nitrogens with zero attached hydrogens (tertiary/aromatic N) is 1. The third kappa shape index (κ3) is 20.5. The maximum Gasteiger partial charge on any atom is 2.00 e. The molecule has 472 valence electrons. The molecule has 0 aromatic heterocycles. The number of carbonyl (C=O) groups excluding carboxylic acids is 4. The summed E-state index contributed by atoms with van der Waals surface area (Å²) in [6, 6.07) is 0.348. The fraction of sp³-hybridized carbons (Fsp3) is 0.873. The van der Waals surface area contributed by atoms with Crippen LogP contribution in [0, 0.1) is 72.0 Å². The van der Waals surface area contributed by atoms with Crippen LogP contribution in [0.2, 0.25) is 0 Å². The maximum atomic E-state index is 16.2. The molecule has 0 saturated carbocycles. The van der Waals surface area contributed by atoms with Crippen LogP contribution in [0.25, 0.3) is 0 Å². The monoisotopic (exact) mass is 1230 g/mol. The predicted octanol–water partition coefficient (Wildman–Crippen LogP) is 12.1. The van der Waals surface area contributed by atoms with Gasteiger partial charge < -0.3 is 73.8 Å². The van der Waals surface area contributed by atoms with Gasteiger partial charge in [-0.25, -0.2) is 18.4 Å². The van der Waals surface area contributed by atoms with Gasteiger partial charge in [-0.05, 0) is 99.2 Å². The Morgan fingerprint density at radius 3 is 1.23 bits per heavy atom. The Kier molecular flexibility index (Phi) is 35.6. The fourth-order valence-corrected chi connectivity index (χ4v) is 11.8. The van der Waals surface area contributed by atoms with Crippen LogP contribution in [0.15, 0.2) is 0 Å². The summed E-state index contributed by atoms with van der Waals surface area (Å²) in [6.45, 7) is 40.4. The van der Waals surface area contributed by atoms with Gasteiger partial charge in [0.05, 0.1) is 35.6 Å². The number of esters is 2. The van der Waals surface area contributed by atoms with Crippen LogP contribution >= 0.6 is 0 Å². The number of carbonyl (C=O) groups is 4. The zero-order valence-corrected chi connectivity index (χ0v) is 58.1. The van der Waals surface area contributed by atoms with Gasteiger partial charge in [-0.15, -0.1) is 12.8 Å². The molecule has 0 aliphatic carbocycles. The van der Waals surface area contributed by atoms with Crippen LogP contribution in [0.4, 0.5) is 8.78 Å². The van der Waals surface area contributed by atoms with Crippen molar-refractivity contribution < 1.29 is 103 Å². The molecule has 2 fully saturated rings. The molecule has 0 spiro atoms. The van der Waals surface area contributed by atoms with Crippen LogP contribution in [0.1, 0.15) is 191 Å². The molecular weight excluding hydrogens is 1120 g/mol. The molecule has 2 saturated heterocycles. The summed E-state index contributed by atoms with van der Waals surface area (Å²) in [5.74, 6) is -6.03. The van der Waals surface area contributed by atoms with Crippen molar-refractivity contribution in [1.82, 2.24) is 10.2 Å². The van der Waals surface area contributed by atoms with Crippen molar-refractivity contribution in [2.24, 2.45) is 46.3 Å². The number of hydrogen-bond donors (Lipinski definition) is 1. The Morgan fingerprint density at radius 2 is 0.951 bits per heavy atom. The summed E-state index contributed by atoms with van der Waals surface area (Å²) in [5, 5.41) is 3.32. The molecule has 0 amide bonds. The predicted molar refractivity (Wildman–Crippen MR) is 310 cm³/mol. The minimum atomic E-state index is -2.87. The molecule has 0 aromatic carbocycles. The number of nitrogens with one attached hydrogen (secondary N) is 1. The Morgan fingerprint density at radius 1 is 0.617 bits per heavy atom. The number of hydrogen-bond acceptors (Lipinski definition) is 14. The Hall–Kier alpha value is -1.01. The zero-order valence-electron chi connectivity index (χ0n) is 55.3. The largest absolute Gasteiger partial charge is 2.00 e. The van der Waals surface area contributed by atoms with E-state index in [1.807, 2.05) is 165 Å². The van der Waals surface area contributed by atoms with Gasteiger partial charge in [-0.1, -0.05) is 83.1 Å². The van der Waals surface area contributed by atoms with Crippen LogP contribution < -0.4 is 5.32 Å². The summed E-state index contributed by atoms with van der Waals surface area (Å²) >= 11 is 0. The molecule has 2 heterocycles. The standard InChI is InChI=1S/C32H58FNO6.C31H56FNO6.2V/c1-15-18-31(10,37-14)27(40-28-22(6)24(34(12)13)19-21(5)38-28)23(7)26(35)32(11,33)29(36)39-25(17-3)30(8,9)20(4)16-2;1-14-17-30(10,36-13)26(39-27-21(6)23(33-12)18-20(5)37-27)22(7)25(34)31(11,32)28(35)38-24(16-3)29(8,9)19(4)15-2;;/h15-16,20-25,27-28H,17-19H2,1-14H3;14-15,19-24,26-27,33H,16-18H2,1-13H3;;/q2*-2;2*+2/t20-,21-,22-,23+,24+,25-,27-,28+,31+,32+;19-,20-,21-,22+,23+,24-,26-,27+,30+,31+;;/m11../s1. The van der Waals surface area contributed by atoms with Crippen molar-refractivity contribution in [2.45, 2.75) is 275 Å². The van der Waals surface area contributed by atoms with Crippen LogP contribution in [-0.4, -0.2) is 148 Å². The molecule has 2 rings (SSSR count). The number of methoxy groups -OCH3 is 2. The minimum Gasteiger partial charge on any atom is -0.459 e. The fourth-order valence-electron chi connectivity index (χ4n) is 11.8. The quantitative estimate of drug-likeness (QED) is 0.0385. The summed E-state index contributed by atoms with van der Waals surface area (Å²) in [5.41, 5.74) is -8.54. The van der Waals surface area contributed by atoms with E-state index in [1.54, 1.807) is 28.1 Å². The number of rotatable bonds is 32. The van der Waals surface area contributed by atoms with Crippen molar-refractivity contribution in [3.63, 3.8) is 0 Å². The second-order valence-electron chi connectivity index (χ2n) is 25.4. The van der Waals surface area contributed by atoms with Crippen LogP contribution in [0.3, 0.4) is 0 Å². The zero-order chi connectivity index (χ0) is 61.6. The van der Waals surface area contributed by atoms with E-state index < -0.39 is 106 Å². The maximum absolute atomic E-state index is 16.2. The van der Waals surface area contributed by atoms with Crippen LogP contribution in [-0.2, 0) is 94.2 Å². The smallest absolute Gasteiger partial charge is 0.459 e. The van der Waals surface area contributed by atoms with Crippen molar-refractivity contribution in [3.05, 3.63) is 25.7 Å². The first-order valence-corrected chi connectivity index (χ1v) is 29.4. The number of ketones is 2. The van der Waals surface area contributed by atoms with Gasteiger partial charge in [-0.3, -0.25) is 9.59 Å². The van der Waals surface area contributed by atoms with Gasteiger partial charge in [0, 0.05) is 50.0 Å². The summed E-state index contributed by atoms with van der Waals surface area (Å²) in [6.07, 6.45) is 7.15. The summed E-state index contributed by atoms with van der Waals surface area (Å²) < 4.78 is 81.1. The minimum absolute atomic E-state index is 0. The van der Waals surface area contributed by atoms with Crippen molar-refractivity contribution >= 4 is 23.5 Å². The van der Waals surface area contributed by atoms with Gasteiger partial charge >= 0.3 is 49.0 Å². The SMILES string of the molecule is C[CH-]C[C@](C)(OC)[C@H](O[C@@H]1O[C@H](C)C[C@H](N(C)C)[C@H]1C)[C@@H](C)C(=O)[C@](C)(F)C(=O)O[C@H](CC)C(C)(C)[C@H](C)[CH-]C.C[CH-]C[C@](C)(OC)[C@H](O[C@@H]1O[C@H](C)C[C@H](NC)[C@H]1C)[C@@H](C)C(=O)[C@](C)(F)C(=O)O[C@H](CC)C(C)(C)[C@H](C)[CH-]C.[V+2].[V+2]. The first-order valence-electron chi connectivity index (χ1n) is 29.4. The van der Waals surface area contributed by atoms with Crippen molar-refractivity contribution in [3.8, 4) is 0 Å². The van der Waals surface area contributed by atoms with E-state index in [0.29, 0.717) is 25.7 Å². The molecule has 0 unspecified atom stereocenters. The third-order valence-electron chi connectivity index (χ3n) is 18.6. The van der Waals surface area contributed by atoms with E-state index in [0.717, 1.165) is 26.7 Å². The van der Waals surface area contributed by atoms with E-state index in [1.165, 1.54) is 0 Å². The second kappa shape index (κ2) is 35.1. The van der Waals surface area contributed by atoms with Crippen molar-refractivity contribution in [1.29, 1.82) is 0 Å². The normalized spacial score (nSPS) is 27.6. The molecule has 0 bridgehead atoms. The topological polar surface area (TPSA) is 157 Å². The van der Waals surface area contributed by atoms with E-state index in [2.05, 4.69) is 17.1 Å². The Labute approximate surface area is 516 Å². The molecule has 2 aliphatic heterocycles. The molecule has 81 heavy (non-hydrogen) atoms. The molecule has 0 aromatic rings. The molecule has 1 N–H and O–H groups in total. The average molecular weight is 1230 g/mol. The van der Waals surface area contributed by atoms with Crippen molar-refractivity contribution in [2.75, 3.05) is 35.4 Å². The molecule has 2 aliphatic rings. The molecular formula is C63H114F2N2O12V2. The molecule has 20 atom stereocenters. The molecule has 14 nitrogen and oxygen atoms in total. The molecule has 2 radical (unpaired) electrons. The first-order chi connectivity index (χ1) is 36.3. The number of alkyl halides is 2.